The van der Waals surface area contributed by atoms with E-state index in [1.54, 1.807) is 23.2 Å². The second kappa shape index (κ2) is 7.05. The van der Waals surface area contributed by atoms with E-state index in [4.69, 9.17) is 21.1 Å². The zero-order valence-electron chi connectivity index (χ0n) is 12.9. The van der Waals surface area contributed by atoms with E-state index < -0.39 is 11.9 Å². The highest BCUT2D eigenvalue weighted by Crippen LogP contribution is 2.23. The molecule has 6 nitrogen and oxygen atoms in total. The van der Waals surface area contributed by atoms with Crippen LogP contribution in [0.15, 0.2) is 34.9 Å². The molecule has 0 saturated carbocycles. The second-order valence-electron chi connectivity index (χ2n) is 5.79. The number of aryl methyl sites for hydroxylation is 1. The van der Waals surface area contributed by atoms with Gasteiger partial charge in [-0.05, 0) is 30.7 Å². The summed E-state index contributed by atoms with van der Waals surface area (Å²) in [6.07, 6.45) is 2.79. The lowest BCUT2D eigenvalue weighted by Gasteiger charge is -2.14. The smallest absolute Gasteiger partial charge is 0.308 e. The molecule has 0 spiro atoms. The molecule has 0 bridgehead atoms. The highest BCUT2D eigenvalue weighted by Gasteiger charge is 2.30. The number of carboxylic acids is 1. The first-order chi connectivity index (χ1) is 11.5. The summed E-state index contributed by atoms with van der Waals surface area (Å²) in [5.74, 6) is -0.244. The van der Waals surface area contributed by atoms with Crippen molar-refractivity contribution < 1.29 is 19.1 Å². The van der Waals surface area contributed by atoms with E-state index in [-0.39, 0.29) is 18.9 Å². The Bertz CT molecular complexity index is 741. The Morgan fingerprint density at radius 2 is 2.08 bits per heavy atom. The quantitative estimate of drug-likeness (QED) is 0.898. The highest BCUT2D eigenvalue weighted by molar-refractivity contribution is 6.30. The summed E-state index contributed by atoms with van der Waals surface area (Å²) in [6, 6.07) is 7.23. The van der Waals surface area contributed by atoms with Crippen molar-refractivity contribution >= 4 is 23.5 Å². The van der Waals surface area contributed by atoms with Crippen LogP contribution in [0.5, 0.6) is 0 Å². The largest absolute Gasteiger partial charge is 0.481 e. The Kier molecular flexibility index (Phi) is 4.85. The molecule has 1 N–H and O–H groups in total. The Balaban J connectivity index is 1.55. The lowest BCUT2D eigenvalue weighted by atomic mass is 10.1. The van der Waals surface area contributed by atoms with Gasteiger partial charge >= 0.3 is 5.97 Å². The fourth-order valence-electron chi connectivity index (χ4n) is 2.73. The topological polar surface area (TPSA) is 83.6 Å². The molecule has 0 unspecified atom stereocenters. The summed E-state index contributed by atoms with van der Waals surface area (Å²) >= 11 is 5.86. The summed E-state index contributed by atoms with van der Waals surface area (Å²) in [7, 11) is 0. The molecule has 3 rings (SSSR count). The van der Waals surface area contributed by atoms with Crippen LogP contribution in [0.3, 0.4) is 0 Å². The maximum Gasteiger partial charge on any atom is 0.308 e. The third kappa shape index (κ3) is 3.76. The predicted octanol–water partition coefficient (Wildman–Crippen LogP) is 2.86. The number of hydrogen-bond acceptors (Lipinski definition) is 4. The van der Waals surface area contributed by atoms with Crippen LogP contribution < -0.4 is 0 Å². The molecule has 1 atom stereocenters. The van der Waals surface area contributed by atoms with Crippen LogP contribution in [-0.4, -0.2) is 40.0 Å². The van der Waals surface area contributed by atoms with Crippen LogP contribution in [0.25, 0.3) is 11.3 Å². The monoisotopic (exact) mass is 348 g/mol. The van der Waals surface area contributed by atoms with Gasteiger partial charge in [-0.1, -0.05) is 11.6 Å². The number of carboxylic acid groups (broad SMARTS) is 1. The second-order valence-corrected chi connectivity index (χ2v) is 6.23. The van der Waals surface area contributed by atoms with E-state index in [1.807, 2.05) is 12.1 Å². The SMILES string of the molecule is O=C(O)[C@@H]1CCN(C(=O)CCc2ncc(-c3ccc(Cl)cc3)o2)C1. The molecule has 1 aromatic carbocycles. The van der Waals surface area contributed by atoms with Gasteiger partial charge in [0, 0.05) is 36.5 Å². The van der Waals surface area contributed by atoms with Crippen LogP contribution in [-0.2, 0) is 16.0 Å². The minimum Gasteiger partial charge on any atom is -0.481 e. The molecule has 24 heavy (non-hydrogen) atoms. The normalized spacial score (nSPS) is 17.2. The first-order valence-electron chi connectivity index (χ1n) is 7.74. The summed E-state index contributed by atoms with van der Waals surface area (Å²) in [4.78, 5) is 28.9. The van der Waals surface area contributed by atoms with Gasteiger partial charge in [0.2, 0.25) is 5.91 Å². The zero-order valence-corrected chi connectivity index (χ0v) is 13.7. The van der Waals surface area contributed by atoms with Crippen molar-refractivity contribution in [3.05, 3.63) is 41.4 Å². The number of halogens is 1. The molecule has 2 heterocycles. The maximum atomic E-state index is 12.1. The van der Waals surface area contributed by atoms with Crippen molar-refractivity contribution in [1.82, 2.24) is 9.88 Å². The van der Waals surface area contributed by atoms with Gasteiger partial charge in [-0.2, -0.15) is 0 Å². The lowest BCUT2D eigenvalue weighted by Crippen LogP contribution is -2.30. The van der Waals surface area contributed by atoms with Gasteiger partial charge in [-0.15, -0.1) is 0 Å². The van der Waals surface area contributed by atoms with Crippen LogP contribution in [0.1, 0.15) is 18.7 Å². The number of aliphatic carboxylic acids is 1. The fourth-order valence-corrected chi connectivity index (χ4v) is 2.86. The summed E-state index contributed by atoms with van der Waals surface area (Å²) in [5, 5.41) is 9.63. The third-order valence-corrected chi connectivity index (χ3v) is 4.38. The summed E-state index contributed by atoms with van der Waals surface area (Å²) < 4.78 is 5.66. The first-order valence-corrected chi connectivity index (χ1v) is 8.12. The van der Waals surface area contributed by atoms with Gasteiger partial charge in [-0.3, -0.25) is 9.59 Å². The van der Waals surface area contributed by atoms with Crippen molar-refractivity contribution in [2.24, 2.45) is 5.92 Å². The van der Waals surface area contributed by atoms with E-state index in [2.05, 4.69) is 4.98 Å². The number of rotatable bonds is 5. The minimum atomic E-state index is -0.842. The molecule has 7 heteroatoms. The molecule has 126 valence electrons. The summed E-state index contributed by atoms with van der Waals surface area (Å²) in [5.41, 5.74) is 0.869. The van der Waals surface area contributed by atoms with E-state index in [0.29, 0.717) is 36.1 Å². The van der Waals surface area contributed by atoms with Gasteiger partial charge in [-0.25, -0.2) is 4.98 Å². The standard InChI is InChI=1S/C17H17ClN2O4/c18-13-3-1-11(2-4-13)14-9-19-15(24-14)5-6-16(21)20-8-7-12(10-20)17(22)23/h1-4,9,12H,5-8,10H2,(H,22,23)/t12-/m1/s1. The van der Waals surface area contributed by atoms with Gasteiger partial charge in [0.25, 0.3) is 0 Å². The molecule has 1 fully saturated rings. The molecular weight excluding hydrogens is 332 g/mol. The van der Waals surface area contributed by atoms with E-state index in [1.165, 1.54) is 0 Å². The van der Waals surface area contributed by atoms with Crippen LogP contribution >= 0.6 is 11.6 Å². The molecule has 1 amide bonds. The summed E-state index contributed by atoms with van der Waals surface area (Å²) in [6.45, 7) is 0.785. The zero-order chi connectivity index (χ0) is 17.1. The van der Waals surface area contributed by atoms with Gasteiger partial charge in [0.05, 0.1) is 12.1 Å². The van der Waals surface area contributed by atoms with E-state index in [0.717, 1.165) is 5.56 Å². The molecule has 1 saturated heterocycles. The van der Waals surface area contributed by atoms with Crippen molar-refractivity contribution in [3.8, 4) is 11.3 Å². The van der Waals surface area contributed by atoms with Crippen molar-refractivity contribution in [2.45, 2.75) is 19.3 Å². The Hall–Kier alpha value is -2.34. The number of nitrogens with zero attached hydrogens (tertiary/aromatic N) is 2. The Labute approximate surface area is 144 Å². The highest BCUT2D eigenvalue weighted by atomic mass is 35.5. The minimum absolute atomic E-state index is 0.0648. The first kappa shape index (κ1) is 16.5. The molecule has 0 aliphatic carbocycles. The van der Waals surface area contributed by atoms with Crippen LogP contribution in [0.2, 0.25) is 5.02 Å². The molecule has 1 aromatic heterocycles. The maximum absolute atomic E-state index is 12.1. The van der Waals surface area contributed by atoms with E-state index >= 15 is 0 Å². The van der Waals surface area contributed by atoms with Gasteiger partial charge < -0.3 is 14.4 Å². The number of amides is 1. The number of benzene rings is 1. The lowest BCUT2D eigenvalue weighted by molar-refractivity contribution is -0.141. The van der Waals surface area contributed by atoms with Crippen molar-refractivity contribution in [3.63, 3.8) is 0 Å². The van der Waals surface area contributed by atoms with E-state index in [9.17, 15) is 9.59 Å². The molecule has 1 aliphatic rings. The molecular formula is C17H17ClN2O4. The van der Waals surface area contributed by atoms with Crippen molar-refractivity contribution in [1.29, 1.82) is 0 Å². The van der Waals surface area contributed by atoms with Gasteiger partial charge in [0.1, 0.15) is 0 Å². The average molecular weight is 349 g/mol. The number of carbonyl (C=O) groups excluding carboxylic acids is 1. The molecule has 0 radical (unpaired) electrons. The fraction of sp³-hybridized carbons (Fsp3) is 0.353. The van der Waals surface area contributed by atoms with Crippen LogP contribution in [0.4, 0.5) is 0 Å². The Morgan fingerprint density at radius 3 is 2.75 bits per heavy atom. The van der Waals surface area contributed by atoms with Crippen molar-refractivity contribution in [2.75, 3.05) is 13.1 Å². The number of aromatic nitrogens is 1. The Morgan fingerprint density at radius 1 is 1.33 bits per heavy atom. The molecule has 1 aliphatic heterocycles. The number of likely N-dealkylation sites (tertiary alicyclic amines) is 1. The predicted molar refractivity (Wildman–Crippen MR) is 87.6 cm³/mol. The number of carbonyl (C=O) groups is 2. The molecule has 2 aromatic rings. The number of oxazole rings is 1. The third-order valence-electron chi connectivity index (χ3n) is 4.13. The average Bonchev–Trinajstić information content (AvgIpc) is 3.23. The van der Waals surface area contributed by atoms with Gasteiger partial charge in [0.15, 0.2) is 11.7 Å². The number of hydrogen-bond donors (Lipinski definition) is 1. The van der Waals surface area contributed by atoms with Crippen LogP contribution in [0, 0.1) is 5.92 Å².